The van der Waals surface area contributed by atoms with E-state index in [-0.39, 0.29) is 17.9 Å². The number of halogens is 1. The highest BCUT2D eigenvalue weighted by atomic mass is 19.1. The van der Waals surface area contributed by atoms with Gasteiger partial charge in [-0.15, -0.1) is 0 Å². The zero-order valence-corrected chi connectivity index (χ0v) is 14.2. The van der Waals surface area contributed by atoms with Gasteiger partial charge in [0.1, 0.15) is 5.82 Å². The van der Waals surface area contributed by atoms with Crippen LogP contribution in [0.15, 0.2) is 79.0 Å². The van der Waals surface area contributed by atoms with Gasteiger partial charge in [-0.3, -0.25) is 4.98 Å². The van der Waals surface area contributed by atoms with E-state index in [0.29, 0.717) is 13.0 Å². The summed E-state index contributed by atoms with van der Waals surface area (Å²) in [7, 11) is 0. The maximum atomic E-state index is 12.9. The first-order valence-corrected chi connectivity index (χ1v) is 8.47. The number of nitrogens with zero attached hydrogens (tertiary/aromatic N) is 1. The highest BCUT2D eigenvalue weighted by Crippen LogP contribution is 2.19. The molecule has 2 N–H and O–H groups in total. The predicted molar refractivity (Wildman–Crippen MR) is 99.2 cm³/mol. The summed E-state index contributed by atoms with van der Waals surface area (Å²) in [5, 5.41) is 5.82. The summed E-state index contributed by atoms with van der Waals surface area (Å²) in [6.07, 6.45) is 2.34. The Bertz CT molecular complexity index is 783. The van der Waals surface area contributed by atoms with E-state index < -0.39 is 0 Å². The van der Waals surface area contributed by atoms with Crippen LogP contribution < -0.4 is 10.6 Å². The Morgan fingerprint density at radius 2 is 1.69 bits per heavy atom. The Morgan fingerprint density at radius 3 is 2.38 bits per heavy atom. The van der Waals surface area contributed by atoms with Crippen molar-refractivity contribution in [1.82, 2.24) is 15.6 Å². The zero-order chi connectivity index (χ0) is 18.2. The third kappa shape index (κ3) is 4.89. The number of aromatic nitrogens is 1. The summed E-state index contributed by atoms with van der Waals surface area (Å²) in [4.78, 5) is 16.7. The molecule has 4 nitrogen and oxygen atoms in total. The number of pyridine rings is 1. The van der Waals surface area contributed by atoms with E-state index in [4.69, 9.17) is 0 Å². The SMILES string of the molecule is O=C(NCCc1ccc(F)cc1)NC(c1ccccc1)c1ccccn1. The molecule has 0 fully saturated rings. The van der Waals surface area contributed by atoms with Gasteiger partial charge in [0.15, 0.2) is 0 Å². The van der Waals surface area contributed by atoms with Crippen molar-refractivity contribution in [2.45, 2.75) is 12.5 Å². The highest BCUT2D eigenvalue weighted by Gasteiger charge is 2.17. The lowest BCUT2D eigenvalue weighted by molar-refractivity contribution is 0.238. The molecule has 0 aliphatic heterocycles. The normalized spacial score (nSPS) is 11.6. The van der Waals surface area contributed by atoms with Crippen LogP contribution in [-0.4, -0.2) is 17.6 Å². The number of rotatable bonds is 6. The number of hydrogen-bond donors (Lipinski definition) is 2. The second-order valence-corrected chi connectivity index (χ2v) is 5.88. The maximum Gasteiger partial charge on any atom is 0.315 e. The summed E-state index contributed by atoms with van der Waals surface area (Å²) in [5.74, 6) is -0.263. The van der Waals surface area contributed by atoms with Crippen molar-refractivity contribution >= 4 is 6.03 Å². The summed E-state index contributed by atoms with van der Waals surface area (Å²) in [6, 6.07) is 21.0. The Balaban J connectivity index is 1.61. The molecule has 0 bridgehead atoms. The van der Waals surface area contributed by atoms with Gasteiger partial charge in [0.25, 0.3) is 0 Å². The van der Waals surface area contributed by atoms with E-state index in [1.54, 1.807) is 18.3 Å². The number of carbonyl (C=O) groups excluding carboxylic acids is 1. The largest absolute Gasteiger partial charge is 0.338 e. The summed E-state index contributed by atoms with van der Waals surface area (Å²) in [6.45, 7) is 0.460. The molecule has 1 atom stereocenters. The fourth-order valence-corrected chi connectivity index (χ4v) is 2.67. The Morgan fingerprint density at radius 1 is 0.962 bits per heavy atom. The highest BCUT2D eigenvalue weighted by molar-refractivity contribution is 5.75. The topological polar surface area (TPSA) is 54.0 Å². The Hall–Kier alpha value is -3.21. The van der Waals surface area contributed by atoms with Crippen LogP contribution in [0.1, 0.15) is 22.9 Å². The molecule has 0 radical (unpaired) electrons. The number of carbonyl (C=O) groups is 1. The van der Waals surface area contributed by atoms with Gasteiger partial charge in [-0.25, -0.2) is 9.18 Å². The van der Waals surface area contributed by atoms with Crippen LogP contribution in [0.3, 0.4) is 0 Å². The molecule has 26 heavy (non-hydrogen) atoms. The van der Waals surface area contributed by atoms with Crippen molar-refractivity contribution in [2.24, 2.45) is 0 Å². The van der Waals surface area contributed by atoms with E-state index >= 15 is 0 Å². The fourth-order valence-electron chi connectivity index (χ4n) is 2.67. The molecule has 132 valence electrons. The lowest BCUT2D eigenvalue weighted by Gasteiger charge is -2.19. The quantitative estimate of drug-likeness (QED) is 0.710. The molecule has 2 amide bonds. The average molecular weight is 349 g/mol. The second kappa shape index (κ2) is 8.76. The lowest BCUT2D eigenvalue weighted by Crippen LogP contribution is -2.39. The van der Waals surface area contributed by atoms with E-state index in [1.165, 1.54) is 12.1 Å². The molecule has 0 aliphatic rings. The van der Waals surface area contributed by atoms with Crippen molar-refractivity contribution in [3.8, 4) is 0 Å². The van der Waals surface area contributed by atoms with Crippen LogP contribution in [0.2, 0.25) is 0 Å². The van der Waals surface area contributed by atoms with Crippen LogP contribution in [0.4, 0.5) is 9.18 Å². The van der Waals surface area contributed by atoms with Gasteiger partial charge in [-0.2, -0.15) is 0 Å². The van der Waals surface area contributed by atoms with Gasteiger partial charge in [-0.05, 0) is 41.8 Å². The molecule has 1 unspecified atom stereocenters. The molecule has 1 aromatic heterocycles. The van der Waals surface area contributed by atoms with Gasteiger partial charge in [-0.1, -0.05) is 48.5 Å². The molecule has 5 heteroatoms. The van der Waals surface area contributed by atoms with E-state index in [0.717, 1.165) is 16.8 Å². The van der Waals surface area contributed by atoms with Gasteiger partial charge >= 0.3 is 6.03 Å². The molecule has 2 aromatic carbocycles. The van der Waals surface area contributed by atoms with Gasteiger partial charge < -0.3 is 10.6 Å². The first-order chi connectivity index (χ1) is 12.7. The first-order valence-electron chi connectivity index (χ1n) is 8.47. The minimum atomic E-state index is -0.330. The Kier molecular flexibility index (Phi) is 5.93. The molecular formula is C21H20FN3O. The smallest absolute Gasteiger partial charge is 0.315 e. The number of amides is 2. The van der Waals surface area contributed by atoms with Crippen molar-refractivity contribution < 1.29 is 9.18 Å². The van der Waals surface area contributed by atoms with E-state index in [9.17, 15) is 9.18 Å². The third-order valence-corrected chi connectivity index (χ3v) is 4.00. The molecule has 3 rings (SSSR count). The molecular weight excluding hydrogens is 329 g/mol. The fraction of sp³-hybridized carbons (Fsp3) is 0.143. The van der Waals surface area contributed by atoms with Gasteiger partial charge in [0.05, 0.1) is 11.7 Å². The molecule has 0 saturated carbocycles. The minimum Gasteiger partial charge on any atom is -0.338 e. The summed E-state index contributed by atoms with van der Waals surface area (Å²) >= 11 is 0. The van der Waals surface area contributed by atoms with Crippen molar-refractivity contribution in [2.75, 3.05) is 6.54 Å². The van der Waals surface area contributed by atoms with Crippen LogP contribution >= 0.6 is 0 Å². The standard InChI is InChI=1S/C21H20FN3O/c22-18-11-9-16(10-12-18)13-15-24-21(26)25-20(17-6-2-1-3-7-17)19-8-4-5-14-23-19/h1-12,14,20H,13,15H2,(H2,24,25,26). The second-order valence-electron chi connectivity index (χ2n) is 5.88. The van der Waals surface area contributed by atoms with Crippen molar-refractivity contribution in [3.05, 3.63) is 102 Å². The number of urea groups is 1. The third-order valence-electron chi connectivity index (χ3n) is 4.00. The van der Waals surface area contributed by atoms with Crippen LogP contribution in [-0.2, 0) is 6.42 Å². The number of hydrogen-bond acceptors (Lipinski definition) is 2. The van der Waals surface area contributed by atoms with Crippen LogP contribution in [0, 0.1) is 5.82 Å². The predicted octanol–water partition coefficient (Wildman–Crippen LogP) is 3.85. The van der Waals surface area contributed by atoms with E-state index in [2.05, 4.69) is 15.6 Å². The maximum absolute atomic E-state index is 12.9. The molecule has 0 saturated heterocycles. The van der Waals surface area contributed by atoms with Gasteiger partial charge in [0, 0.05) is 12.7 Å². The molecule has 0 spiro atoms. The van der Waals surface area contributed by atoms with Crippen molar-refractivity contribution in [3.63, 3.8) is 0 Å². The number of benzene rings is 2. The zero-order valence-electron chi connectivity index (χ0n) is 14.2. The monoisotopic (exact) mass is 349 g/mol. The lowest BCUT2D eigenvalue weighted by atomic mass is 10.0. The van der Waals surface area contributed by atoms with Crippen molar-refractivity contribution in [1.29, 1.82) is 0 Å². The Labute approximate surface area is 152 Å². The van der Waals surface area contributed by atoms with Crippen LogP contribution in [0.25, 0.3) is 0 Å². The average Bonchev–Trinajstić information content (AvgIpc) is 2.69. The molecule has 3 aromatic rings. The van der Waals surface area contributed by atoms with E-state index in [1.807, 2.05) is 48.5 Å². The van der Waals surface area contributed by atoms with Gasteiger partial charge in [0.2, 0.25) is 0 Å². The molecule has 0 aliphatic carbocycles. The summed E-state index contributed by atoms with van der Waals surface area (Å²) < 4.78 is 12.9. The summed E-state index contributed by atoms with van der Waals surface area (Å²) in [5.41, 5.74) is 2.70. The molecule has 1 heterocycles. The minimum absolute atomic E-state index is 0.263. The van der Waals surface area contributed by atoms with Crippen LogP contribution in [0.5, 0.6) is 0 Å². The first kappa shape index (κ1) is 17.6. The number of nitrogens with one attached hydrogen (secondary N) is 2.